The van der Waals surface area contributed by atoms with Crippen LogP contribution in [0.15, 0.2) is 89.6 Å². The van der Waals surface area contributed by atoms with Crippen LogP contribution in [0.25, 0.3) is 6.08 Å². The van der Waals surface area contributed by atoms with Crippen molar-refractivity contribution in [2.24, 2.45) is 4.99 Å². The van der Waals surface area contributed by atoms with Gasteiger partial charge >= 0.3 is 0 Å². The van der Waals surface area contributed by atoms with Crippen molar-refractivity contribution in [2.45, 2.75) is 0 Å². The summed E-state index contributed by atoms with van der Waals surface area (Å²) in [5.74, 6) is -0.115. The largest absolute Gasteiger partial charge is 0.293 e. The molecule has 0 unspecified atom stereocenters. The minimum absolute atomic E-state index is 0.166. The number of para-hydroxylation sites is 2. The molecule has 0 saturated carbocycles. The van der Waals surface area contributed by atoms with Crippen molar-refractivity contribution < 1.29 is 9.72 Å². The van der Waals surface area contributed by atoms with Gasteiger partial charge in [-0.1, -0.05) is 66.2 Å². The van der Waals surface area contributed by atoms with Gasteiger partial charge in [-0.15, -0.1) is 0 Å². The Morgan fingerprint density at radius 1 is 0.966 bits per heavy atom. The Labute approximate surface area is 171 Å². The summed E-state index contributed by atoms with van der Waals surface area (Å²) in [5.41, 5.74) is 1.55. The number of nitrogens with zero attached hydrogens (tertiary/aromatic N) is 3. The molecule has 0 N–H and O–H groups in total. The second kappa shape index (κ2) is 7.69. The number of amides is 1. The maximum Gasteiger partial charge on any atom is 0.293 e. The van der Waals surface area contributed by atoms with E-state index in [1.165, 1.54) is 17.0 Å². The number of rotatable bonds is 4. The molecule has 1 aliphatic rings. The van der Waals surface area contributed by atoms with Crippen molar-refractivity contribution >= 4 is 40.8 Å². The van der Waals surface area contributed by atoms with Gasteiger partial charge in [-0.05, 0) is 29.8 Å². The zero-order valence-corrected chi connectivity index (χ0v) is 15.8. The van der Waals surface area contributed by atoms with Crippen molar-refractivity contribution in [3.63, 3.8) is 0 Å². The predicted molar refractivity (Wildman–Crippen MR) is 113 cm³/mol. The van der Waals surface area contributed by atoms with E-state index >= 15 is 0 Å². The fraction of sp³-hybridized carbons (Fsp3) is 0. The van der Waals surface area contributed by atoms with Gasteiger partial charge in [0.15, 0.2) is 0 Å². The molecule has 6 nitrogen and oxygen atoms in total. The third kappa shape index (κ3) is 3.66. The predicted octanol–water partition coefficient (Wildman–Crippen LogP) is 5.08. The average Bonchev–Trinajstić information content (AvgIpc) is 3.04. The van der Waals surface area contributed by atoms with Gasteiger partial charge in [0.1, 0.15) is 17.2 Å². The molecule has 0 radical (unpaired) electrons. The van der Waals surface area contributed by atoms with E-state index < -0.39 is 10.8 Å². The van der Waals surface area contributed by atoms with Crippen molar-refractivity contribution in [1.29, 1.82) is 0 Å². The highest BCUT2D eigenvalue weighted by molar-refractivity contribution is 6.34. The summed E-state index contributed by atoms with van der Waals surface area (Å²) in [5, 5.41) is 12.1. The molecule has 0 spiro atoms. The summed E-state index contributed by atoms with van der Waals surface area (Å²) in [7, 11) is 0. The van der Waals surface area contributed by atoms with Gasteiger partial charge in [0.25, 0.3) is 11.6 Å². The number of benzene rings is 3. The molecular formula is C22H14ClN3O3. The smallest absolute Gasteiger partial charge is 0.266 e. The van der Waals surface area contributed by atoms with Crippen LogP contribution in [0, 0.1) is 10.1 Å². The third-order valence-electron chi connectivity index (χ3n) is 4.36. The first-order chi connectivity index (χ1) is 14.0. The number of nitro groups is 1. The summed E-state index contributed by atoms with van der Waals surface area (Å²) in [6, 6.07) is 22.2. The van der Waals surface area contributed by atoms with Gasteiger partial charge < -0.3 is 0 Å². The molecule has 0 saturated heterocycles. The Balaban J connectivity index is 1.88. The Bertz CT molecular complexity index is 1170. The molecule has 7 heteroatoms. The number of aliphatic imine (C=N–C) groups is 1. The zero-order valence-electron chi connectivity index (χ0n) is 15.0. The van der Waals surface area contributed by atoms with Crippen molar-refractivity contribution in [3.8, 4) is 0 Å². The monoisotopic (exact) mass is 403 g/mol. The number of carbonyl (C=O) groups excluding carboxylic acids is 1. The standard InChI is InChI=1S/C22H14ClN3O3/c23-17-10-6-7-15(13-17)14-18-22(27)25(19-11-4-5-12-20(19)26(28)29)21(24-18)16-8-2-1-3-9-16/h1-14H/b18-14+. The van der Waals surface area contributed by atoms with Gasteiger partial charge in [-0.2, -0.15) is 0 Å². The molecule has 0 atom stereocenters. The molecule has 29 heavy (non-hydrogen) atoms. The lowest BCUT2D eigenvalue weighted by atomic mass is 10.1. The summed E-state index contributed by atoms with van der Waals surface area (Å²) < 4.78 is 0. The zero-order chi connectivity index (χ0) is 20.4. The van der Waals surface area contributed by atoms with Crippen molar-refractivity contribution in [3.05, 3.63) is 111 Å². The van der Waals surface area contributed by atoms with Crippen molar-refractivity contribution in [1.82, 2.24) is 0 Å². The second-order valence-corrected chi connectivity index (χ2v) is 6.71. The van der Waals surface area contributed by atoms with Gasteiger partial charge in [-0.25, -0.2) is 4.99 Å². The molecule has 1 heterocycles. The van der Waals surface area contributed by atoms with Crippen LogP contribution in [0.1, 0.15) is 11.1 Å². The van der Waals surface area contributed by atoms with E-state index in [0.717, 1.165) is 0 Å². The molecule has 3 aromatic carbocycles. The molecule has 4 rings (SSSR count). The Hall–Kier alpha value is -3.77. The number of hydrogen-bond donors (Lipinski definition) is 0. The molecular weight excluding hydrogens is 390 g/mol. The summed E-state index contributed by atoms with van der Waals surface area (Å²) >= 11 is 6.04. The number of anilines is 1. The first-order valence-electron chi connectivity index (χ1n) is 8.74. The van der Waals surface area contributed by atoms with E-state index in [0.29, 0.717) is 22.0 Å². The normalized spacial score (nSPS) is 14.9. The van der Waals surface area contributed by atoms with Gasteiger partial charge in [-0.3, -0.25) is 19.8 Å². The third-order valence-corrected chi connectivity index (χ3v) is 4.60. The molecule has 0 aliphatic carbocycles. The molecule has 1 amide bonds. The minimum atomic E-state index is -0.510. The molecule has 0 fully saturated rings. The average molecular weight is 404 g/mol. The molecule has 142 valence electrons. The Morgan fingerprint density at radius 3 is 2.41 bits per heavy atom. The quantitative estimate of drug-likeness (QED) is 0.346. The molecule has 3 aromatic rings. The van der Waals surface area contributed by atoms with E-state index in [4.69, 9.17) is 11.6 Å². The summed E-state index contributed by atoms with van der Waals surface area (Å²) in [6.07, 6.45) is 1.62. The lowest BCUT2D eigenvalue weighted by Gasteiger charge is -2.18. The molecule has 1 aliphatic heterocycles. The summed E-state index contributed by atoms with van der Waals surface area (Å²) in [6.45, 7) is 0. The fourth-order valence-electron chi connectivity index (χ4n) is 3.08. The van der Waals surface area contributed by atoms with Crippen LogP contribution in [0.5, 0.6) is 0 Å². The van der Waals surface area contributed by atoms with Crippen molar-refractivity contribution in [2.75, 3.05) is 4.90 Å². The van der Waals surface area contributed by atoms with Gasteiger partial charge in [0.2, 0.25) is 0 Å². The number of amidine groups is 1. The lowest BCUT2D eigenvalue weighted by Crippen LogP contribution is -2.33. The second-order valence-electron chi connectivity index (χ2n) is 6.27. The van der Waals surface area contributed by atoms with E-state index in [2.05, 4.69) is 4.99 Å². The van der Waals surface area contributed by atoms with E-state index in [1.54, 1.807) is 54.6 Å². The SMILES string of the molecule is O=C1/C(=C\c2cccc(Cl)c2)N=C(c2ccccc2)N1c1ccccc1[N+](=O)[O-]. The number of hydrogen-bond acceptors (Lipinski definition) is 4. The Kier molecular flexibility index (Phi) is 4.93. The van der Waals surface area contributed by atoms with Crippen LogP contribution in [-0.4, -0.2) is 16.7 Å². The highest BCUT2D eigenvalue weighted by Gasteiger charge is 2.36. The number of carbonyl (C=O) groups is 1. The molecule has 0 aromatic heterocycles. The fourth-order valence-corrected chi connectivity index (χ4v) is 3.28. The van der Waals surface area contributed by atoms with Crippen LogP contribution in [-0.2, 0) is 4.79 Å². The Morgan fingerprint density at radius 2 is 1.69 bits per heavy atom. The number of nitro benzene ring substituents is 1. The topological polar surface area (TPSA) is 75.8 Å². The first-order valence-corrected chi connectivity index (χ1v) is 9.11. The maximum absolute atomic E-state index is 13.2. The van der Waals surface area contributed by atoms with E-state index in [1.807, 2.05) is 18.2 Å². The van der Waals surface area contributed by atoms with Crippen LogP contribution in [0.2, 0.25) is 5.02 Å². The van der Waals surface area contributed by atoms with Crippen LogP contribution in [0.4, 0.5) is 11.4 Å². The number of halogens is 1. The van der Waals surface area contributed by atoms with Gasteiger partial charge in [0.05, 0.1) is 4.92 Å². The van der Waals surface area contributed by atoms with Gasteiger partial charge in [0, 0.05) is 16.7 Å². The lowest BCUT2D eigenvalue weighted by molar-refractivity contribution is -0.384. The minimum Gasteiger partial charge on any atom is -0.266 e. The first kappa shape index (κ1) is 18.6. The van der Waals surface area contributed by atoms with Crippen LogP contribution in [0.3, 0.4) is 0 Å². The van der Waals surface area contributed by atoms with E-state index in [-0.39, 0.29) is 17.1 Å². The summed E-state index contributed by atoms with van der Waals surface area (Å²) in [4.78, 5) is 30.1. The van der Waals surface area contributed by atoms with Crippen LogP contribution < -0.4 is 4.90 Å². The van der Waals surface area contributed by atoms with E-state index in [9.17, 15) is 14.9 Å². The maximum atomic E-state index is 13.2. The molecule has 0 bridgehead atoms. The van der Waals surface area contributed by atoms with Crippen LogP contribution >= 0.6 is 11.6 Å². The highest BCUT2D eigenvalue weighted by atomic mass is 35.5. The highest BCUT2D eigenvalue weighted by Crippen LogP contribution is 2.34.